The summed E-state index contributed by atoms with van der Waals surface area (Å²) in [6.45, 7) is 2.21. The van der Waals surface area contributed by atoms with E-state index in [4.69, 9.17) is 4.74 Å². The SMILES string of the molecule is CCCCCCC1CCC(C2(OC(F)(F)F)C=CC(c3ccccc3)=CC2)CC1. The quantitative estimate of drug-likeness (QED) is 0.396. The lowest BCUT2D eigenvalue weighted by molar-refractivity contribution is -0.366. The van der Waals surface area contributed by atoms with Crippen LogP contribution in [-0.2, 0) is 4.74 Å². The summed E-state index contributed by atoms with van der Waals surface area (Å²) in [6, 6.07) is 9.79. The van der Waals surface area contributed by atoms with Crippen molar-refractivity contribution in [1.29, 1.82) is 0 Å². The first-order valence-corrected chi connectivity index (χ1v) is 11.1. The summed E-state index contributed by atoms with van der Waals surface area (Å²) in [5.74, 6) is 0.579. The van der Waals surface area contributed by atoms with Crippen molar-refractivity contribution in [2.45, 2.75) is 83.1 Å². The minimum absolute atomic E-state index is 0.0826. The van der Waals surface area contributed by atoms with Gasteiger partial charge in [0.1, 0.15) is 5.60 Å². The first-order chi connectivity index (χ1) is 13.9. The molecule has 0 spiro atoms. The van der Waals surface area contributed by atoms with E-state index in [1.54, 1.807) is 6.08 Å². The number of rotatable bonds is 8. The zero-order chi connectivity index (χ0) is 20.7. The van der Waals surface area contributed by atoms with E-state index < -0.39 is 12.0 Å². The van der Waals surface area contributed by atoms with E-state index in [1.165, 1.54) is 32.1 Å². The Balaban J connectivity index is 1.65. The lowest BCUT2D eigenvalue weighted by atomic mass is 9.69. The Hall–Kier alpha value is -1.55. The minimum Gasteiger partial charge on any atom is -0.280 e. The zero-order valence-electron chi connectivity index (χ0n) is 17.4. The van der Waals surface area contributed by atoms with Gasteiger partial charge in [0, 0.05) is 0 Å². The predicted molar refractivity (Wildman–Crippen MR) is 112 cm³/mol. The van der Waals surface area contributed by atoms with Gasteiger partial charge in [0.05, 0.1) is 0 Å². The van der Waals surface area contributed by atoms with Gasteiger partial charge in [-0.05, 0) is 42.2 Å². The summed E-state index contributed by atoms with van der Waals surface area (Å²) in [5, 5.41) is 0. The second kappa shape index (κ2) is 9.97. The average Bonchev–Trinajstić information content (AvgIpc) is 2.72. The van der Waals surface area contributed by atoms with Gasteiger partial charge in [0.15, 0.2) is 0 Å². The Morgan fingerprint density at radius 2 is 1.72 bits per heavy atom. The summed E-state index contributed by atoms with van der Waals surface area (Å²) < 4.78 is 44.7. The first kappa shape index (κ1) is 22.1. The molecule has 1 unspecified atom stereocenters. The van der Waals surface area contributed by atoms with E-state index in [9.17, 15) is 13.2 Å². The third-order valence-corrected chi connectivity index (χ3v) is 6.60. The van der Waals surface area contributed by atoms with Crippen LogP contribution < -0.4 is 0 Å². The van der Waals surface area contributed by atoms with E-state index in [0.29, 0.717) is 5.92 Å². The Labute approximate surface area is 173 Å². The smallest absolute Gasteiger partial charge is 0.280 e. The van der Waals surface area contributed by atoms with Gasteiger partial charge < -0.3 is 0 Å². The molecule has 0 heterocycles. The molecule has 0 bridgehead atoms. The molecular formula is C25H33F3O. The highest BCUT2D eigenvalue weighted by atomic mass is 19.4. The molecule has 1 saturated carbocycles. The van der Waals surface area contributed by atoms with Crippen molar-refractivity contribution >= 4 is 5.57 Å². The van der Waals surface area contributed by atoms with Gasteiger partial charge >= 0.3 is 6.36 Å². The topological polar surface area (TPSA) is 9.23 Å². The standard InChI is InChI=1S/C25H33F3O/c1-2-3-4-6-9-20-12-14-23(15-13-20)24(29-25(26,27)28)18-16-22(17-19-24)21-10-7-5-8-11-21/h5,7-8,10-11,16-18,20,23H,2-4,6,9,12-15,19H2,1H3. The molecule has 1 nitrogen and oxygen atoms in total. The van der Waals surface area contributed by atoms with Crippen molar-refractivity contribution in [3.63, 3.8) is 0 Å². The number of allylic oxidation sites excluding steroid dienone is 2. The number of unbranched alkanes of at least 4 members (excludes halogenated alkanes) is 3. The van der Waals surface area contributed by atoms with Crippen molar-refractivity contribution in [2.24, 2.45) is 11.8 Å². The van der Waals surface area contributed by atoms with Crippen LogP contribution in [-0.4, -0.2) is 12.0 Å². The molecule has 160 valence electrons. The van der Waals surface area contributed by atoms with Gasteiger partial charge in [-0.3, -0.25) is 4.74 Å². The fourth-order valence-corrected chi connectivity index (χ4v) is 4.96. The number of ether oxygens (including phenoxy) is 1. The molecule has 0 aromatic heterocycles. The lowest BCUT2D eigenvalue weighted by Gasteiger charge is -2.43. The highest BCUT2D eigenvalue weighted by Gasteiger charge is 2.48. The van der Waals surface area contributed by atoms with E-state index in [0.717, 1.165) is 36.8 Å². The molecule has 1 atom stereocenters. The largest absolute Gasteiger partial charge is 0.523 e. The van der Waals surface area contributed by atoms with Gasteiger partial charge in [-0.2, -0.15) is 0 Å². The third kappa shape index (κ3) is 6.21. The molecule has 0 amide bonds. The van der Waals surface area contributed by atoms with Crippen LogP contribution in [0.25, 0.3) is 5.57 Å². The van der Waals surface area contributed by atoms with Crippen molar-refractivity contribution in [3.05, 3.63) is 54.1 Å². The third-order valence-electron chi connectivity index (χ3n) is 6.60. The zero-order valence-corrected chi connectivity index (χ0v) is 17.4. The number of benzene rings is 1. The van der Waals surface area contributed by atoms with Crippen LogP contribution in [0, 0.1) is 11.8 Å². The van der Waals surface area contributed by atoms with Gasteiger partial charge in [-0.15, -0.1) is 13.2 Å². The molecule has 29 heavy (non-hydrogen) atoms. The molecule has 2 aliphatic rings. The molecule has 1 fully saturated rings. The number of halogens is 3. The lowest BCUT2D eigenvalue weighted by Crippen LogP contribution is -2.45. The van der Waals surface area contributed by atoms with Crippen LogP contribution in [0.5, 0.6) is 0 Å². The van der Waals surface area contributed by atoms with Gasteiger partial charge in [0.25, 0.3) is 0 Å². The van der Waals surface area contributed by atoms with Crippen LogP contribution in [0.4, 0.5) is 13.2 Å². The molecule has 0 radical (unpaired) electrons. The van der Waals surface area contributed by atoms with E-state index in [1.807, 2.05) is 42.5 Å². The normalized spacial score (nSPS) is 27.7. The van der Waals surface area contributed by atoms with Crippen LogP contribution in [0.2, 0.25) is 0 Å². The molecule has 4 heteroatoms. The highest BCUT2D eigenvalue weighted by Crippen LogP contribution is 2.46. The Morgan fingerprint density at radius 3 is 2.31 bits per heavy atom. The summed E-state index contributed by atoms with van der Waals surface area (Å²) in [5.41, 5.74) is 0.737. The minimum atomic E-state index is -4.63. The van der Waals surface area contributed by atoms with Crippen molar-refractivity contribution < 1.29 is 17.9 Å². The van der Waals surface area contributed by atoms with Crippen molar-refractivity contribution in [1.82, 2.24) is 0 Å². The molecule has 0 aliphatic heterocycles. The van der Waals surface area contributed by atoms with Crippen molar-refractivity contribution in [3.8, 4) is 0 Å². The molecule has 2 aliphatic carbocycles. The summed E-state index contributed by atoms with van der Waals surface area (Å²) >= 11 is 0. The van der Waals surface area contributed by atoms with Gasteiger partial charge in [-0.1, -0.05) is 100 Å². The number of hydrogen-bond acceptors (Lipinski definition) is 1. The Kier molecular flexibility index (Phi) is 7.61. The maximum Gasteiger partial charge on any atom is 0.523 e. The molecule has 0 saturated heterocycles. The molecule has 0 N–H and O–H groups in total. The van der Waals surface area contributed by atoms with E-state index in [2.05, 4.69) is 6.92 Å². The van der Waals surface area contributed by atoms with Crippen LogP contribution in [0.1, 0.15) is 76.7 Å². The maximum atomic E-state index is 13.3. The summed E-state index contributed by atoms with van der Waals surface area (Å²) in [7, 11) is 0. The first-order valence-electron chi connectivity index (χ1n) is 11.1. The highest BCUT2D eigenvalue weighted by molar-refractivity contribution is 5.75. The monoisotopic (exact) mass is 406 g/mol. The molecule has 1 aromatic carbocycles. The Morgan fingerprint density at radius 1 is 1.00 bits per heavy atom. The fraction of sp³-hybridized carbons (Fsp3) is 0.600. The van der Waals surface area contributed by atoms with Crippen LogP contribution in [0.3, 0.4) is 0 Å². The molecule has 1 aromatic rings. The van der Waals surface area contributed by atoms with E-state index >= 15 is 0 Å². The summed E-state index contributed by atoms with van der Waals surface area (Å²) in [4.78, 5) is 0. The van der Waals surface area contributed by atoms with Crippen LogP contribution in [0.15, 0.2) is 48.6 Å². The van der Waals surface area contributed by atoms with Crippen LogP contribution >= 0.6 is 0 Å². The number of hydrogen-bond donors (Lipinski definition) is 0. The fourth-order valence-electron chi connectivity index (χ4n) is 4.96. The Bertz CT molecular complexity index is 684. The van der Waals surface area contributed by atoms with Gasteiger partial charge in [-0.25, -0.2) is 0 Å². The number of alkyl halides is 3. The second-order valence-corrected chi connectivity index (χ2v) is 8.63. The molecular weight excluding hydrogens is 373 g/mol. The maximum absolute atomic E-state index is 13.3. The second-order valence-electron chi connectivity index (χ2n) is 8.63. The van der Waals surface area contributed by atoms with E-state index in [-0.39, 0.29) is 12.3 Å². The molecule has 3 rings (SSSR count). The average molecular weight is 407 g/mol. The summed E-state index contributed by atoms with van der Waals surface area (Å²) in [6.07, 6.45) is 11.0. The van der Waals surface area contributed by atoms with Crippen molar-refractivity contribution in [2.75, 3.05) is 0 Å². The predicted octanol–water partition coefficient (Wildman–Crippen LogP) is 8.08. The van der Waals surface area contributed by atoms with Gasteiger partial charge in [0.2, 0.25) is 0 Å².